The molecular formula is C21H45N5O5. The van der Waals surface area contributed by atoms with Crippen molar-refractivity contribution < 1.29 is 23.8 Å². The van der Waals surface area contributed by atoms with Crippen LogP contribution >= 0.6 is 0 Å². The van der Waals surface area contributed by atoms with Crippen LogP contribution in [0.4, 0.5) is 9.59 Å². The zero-order chi connectivity index (χ0) is 23.8. The molecule has 0 fully saturated rings. The fraction of sp³-hybridized carbons (Fsp3) is 0.905. The average molecular weight is 448 g/mol. The Kier molecular flexibility index (Phi) is 16.1. The fourth-order valence-corrected chi connectivity index (χ4v) is 2.48. The first-order valence-corrected chi connectivity index (χ1v) is 11.1. The molecule has 31 heavy (non-hydrogen) atoms. The number of rotatable bonds is 16. The summed E-state index contributed by atoms with van der Waals surface area (Å²) in [6.45, 7) is 16.1. The van der Waals surface area contributed by atoms with Crippen molar-refractivity contribution in [1.82, 2.24) is 21.3 Å². The highest BCUT2D eigenvalue weighted by Gasteiger charge is 2.13. The summed E-state index contributed by atoms with van der Waals surface area (Å²) in [4.78, 5) is 24.0. The molecule has 0 heterocycles. The van der Waals surface area contributed by atoms with Gasteiger partial charge >= 0.3 is 12.1 Å². The van der Waals surface area contributed by atoms with Crippen LogP contribution in [0.15, 0.2) is 0 Å². The Balaban J connectivity index is 3.90. The molecule has 184 valence electrons. The van der Waals surface area contributed by atoms with Crippen LogP contribution in [0.25, 0.3) is 0 Å². The third-order valence-corrected chi connectivity index (χ3v) is 3.81. The maximum atomic E-state index is 12.0. The molecule has 0 saturated carbocycles. The lowest BCUT2D eigenvalue weighted by Crippen LogP contribution is -2.48. The lowest BCUT2D eigenvalue weighted by atomic mass is 10.2. The van der Waals surface area contributed by atoms with Gasteiger partial charge < -0.3 is 41.2 Å². The molecule has 10 heteroatoms. The van der Waals surface area contributed by atoms with Crippen molar-refractivity contribution in [2.75, 3.05) is 39.6 Å². The SMILES string of the molecule is CC(C)COCC(C)NC(=O)NC(C)COCC(C)NC(=O)NC(C)COCC(C)N. The number of ether oxygens (including phenoxy) is 3. The van der Waals surface area contributed by atoms with E-state index in [1.807, 2.05) is 34.6 Å². The summed E-state index contributed by atoms with van der Waals surface area (Å²) in [7, 11) is 0. The Morgan fingerprint density at radius 3 is 1.16 bits per heavy atom. The molecule has 0 bridgehead atoms. The Hall–Kier alpha value is -1.62. The third-order valence-electron chi connectivity index (χ3n) is 3.81. The first-order valence-electron chi connectivity index (χ1n) is 11.1. The number of amides is 4. The number of hydrogen-bond donors (Lipinski definition) is 5. The minimum atomic E-state index is -0.285. The number of hydrogen-bond acceptors (Lipinski definition) is 6. The van der Waals surface area contributed by atoms with E-state index in [0.717, 1.165) is 0 Å². The summed E-state index contributed by atoms with van der Waals surface area (Å²) in [6, 6.07) is -1.15. The Labute approximate surface area is 187 Å². The van der Waals surface area contributed by atoms with Crippen LogP contribution in [-0.4, -0.2) is 81.9 Å². The third kappa shape index (κ3) is 18.8. The van der Waals surface area contributed by atoms with E-state index in [4.69, 9.17) is 19.9 Å². The van der Waals surface area contributed by atoms with Gasteiger partial charge in [0.25, 0.3) is 0 Å². The van der Waals surface area contributed by atoms with E-state index >= 15 is 0 Å². The number of carbonyl (C=O) groups is 2. The number of urea groups is 2. The summed E-state index contributed by atoms with van der Waals surface area (Å²) >= 11 is 0. The first kappa shape index (κ1) is 29.4. The van der Waals surface area contributed by atoms with Gasteiger partial charge in [-0.3, -0.25) is 0 Å². The van der Waals surface area contributed by atoms with E-state index in [1.165, 1.54) is 0 Å². The Bertz CT molecular complexity index is 451. The average Bonchev–Trinajstić information content (AvgIpc) is 2.60. The lowest BCUT2D eigenvalue weighted by molar-refractivity contribution is 0.0923. The Morgan fingerprint density at radius 2 is 0.871 bits per heavy atom. The highest BCUT2D eigenvalue weighted by atomic mass is 16.5. The topological polar surface area (TPSA) is 136 Å². The highest BCUT2D eigenvalue weighted by Crippen LogP contribution is 1.95. The molecule has 0 aliphatic carbocycles. The van der Waals surface area contributed by atoms with Crippen molar-refractivity contribution >= 4 is 12.1 Å². The Morgan fingerprint density at radius 1 is 0.581 bits per heavy atom. The zero-order valence-electron chi connectivity index (χ0n) is 20.3. The van der Waals surface area contributed by atoms with Gasteiger partial charge in [0.15, 0.2) is 0 Å². The predicted molar refractivity (Wildman–Crippen MR) is 122 cm³/mol. The van der Waals surface area contributed by atoms with Crippen LogP contribution in [0.5, 0.6) is 0 Å². The summed E-state index contributed by atoms with van der Waals surface area (Å²) < 4.78 is 16.5. The van der Waals surface area contributed by atoms with Gasteiger partial charge in [-0.2, -0.15) is 0 Å². The van der Waals surface area contributed by atoms with Crippen molar-refractivity contribution in [3.05, 3.63) is 0 Å². The standard InChI is InChI=1S/C21H45N5O5/c1-14(2)8-29-10-16(4)23-20(27)25-18(6)12-31-13-19(7)26-21(28)24-17(5)11-30-9-15(3)22/h14-19H,8-13,22H2,1-7H3,(H2,23,25,27)(H2,24,26,28). The van der Waals surface area contributed by atoms with E-state index in [2.05, 4.69) is 35.1 Å². The summed E-state index contributed by atoms with van der Waals surface area (Å²) in [5.74, 6) is 0.462. The molecule has 10 nitrogen and oxygen atoms in total. The molecule has 0 saturated heterocycles. The number of nitrogens with one attached hydrogen (secondary N) is 4. The summed E-state index contributed by atoms with van der Waals surface area (Å²) in [5, 5.41) is 11.3. The molecule has 6 N–H and O–H groups in total. The van der Waals surface area contributed by atoms with E-state index in [9.17, 15) is 9.59 Å². The summed E-state index contributed by atoms with van der Waals surface area (Å²) in [6.07, 6.45) is 0. The molecular weight excluding hydrogens is 402 g/mol. The fourth-order valence-electron chi connectivity index (χ4n) is 2.48. The maximum absolute atomic E-state index is 12.0. The van der Waals surface area contributed by atoms with Crippen LogP contribution in [0.2, 0.25) is 0 Å². The van der Waals surface area contributed by atoms with E-state index in [-0.39, 0.29) is 42.3 Å². The smallest absolute Gasteiger partial charge is 0.315 e. The second kappa shape index (κ2) is 17.0. The van der Waals surface area contributed by atoms with Crippen molar-refractivity contribution in [1.29, 1.82) is 0 Å². The van der Waals surface area contributed by atoms with Gasteiger partial charge in [-0.25, -0.2) is 9.59 Å². The van der Waals surface area contributed by atoms with Crippen molar-refractivity contribution in [2.45, 2.75) is 78.7 Å². The molecule has 0 aliphatic rings. The second-order valence-corrected chi connectivity index (χ2v) is 8.82. The highest BCUT2D eigenvalue weighted by molar-refractivity contribution is 5.74. The number of carbonyl (C=O) groups excluding carboxylic acids is 2. The van der Waals surface area contributed by atoms with Gasteiger partial charge in [0.2, 0.25) is 0 Å². The predicted octanol–water partition coefficient (Wildman–Crippen LogP) is 1.19. The van der Waals surface area contributed by atoms with Crippen LogP contribution in [0.3, 0.4) is 0 Å². The molecule has 0 aromatic carbocycles. The van der Waals surface area contributed by atoms with Crippen molar-refractivity contribution in [3.8, 4) is 0 Å². The molecule has 0 aromatic heterocycles. The maximum Gasteiger partial charge on any atom is 0.315 e. The van der Waals surface area contributed by atoms with Crippen LogP contribution in [-0.2, 0) is 14.2 Å². The van der Waals surface area contributed by atoms with Gasteiger partial charge in [-0.15, -0.1) is 0 Å². The van der Waals surface area contributed by atoms with Crippen molar-refractivity contribution in [3.63, 3.8) is 0 Å². The lowest BCUT2D eigenvalue weighted by Gasteiger charge is -2.21. The second-order valence-electron chi connectivity index (χ2n) is 8.82. The molecule has 0 aliphatic heterocycles. The normalized spacial score (nSPS) is 16.2. The minimum Gasteiger partial charge on any atom is -0.379 e. The molecule has 5 unspecified atom stereocenters. The van der Waals surface area contributed by atoms with E-state index < -0.39 is 0 Å². The molecule has 5 atom stereocenters. The number of nitrogens with two attached hydrogens (primary N) is 1. The molecule has 0 radical (unpaired) electrons. The van der Waals surface area contributed by atoms with Gasteiger partial charge in [-0.1, -0.05) is 13.8 Å². The molecule has 0 spiro atoms. The van der Waals surface area contributed by atoms with Crippen LogP contribution in [0, 0.1) is 5.92 Å². The van der Waals surface area contributed by atoms with Crippen LogP contribution < -0.4 is 27.0 Å². The zero-order valence-corrected chi connectivity index (χ0v) is 20.3. The van der Waals surface area contributed by atoms with Gasteiger partial charge in [0.1, 0.15) is 0 Å². The minimum absolute atomic E-state index is 0.0340. The first-order chi connectivity index (χ1) is 14.5. The van der Waals surface area contributed by atoms with Gasteiger partial charge in [0.05, 0.1) is 57.2 Å². The van der Waals surface area contributed by atoms with E-state index in [0.29, 0.717) is 45.6 Å². The molecule has 4 amide bonds. The van der Waals surface area contributed by atoms with Crippen molar-refractivity contribution in [2.24, 2.45) is 11.7 Å². The quantitative estimate of drug-likeness (QED) is 0.241. The van der Waals surface area contributed by atoms with Gasteiger partial charge in [-0.05, 0) is 40.5 Å². The molecule has 0 aromatic rings. The van der Waals surface area contributed by atoms with Gasteiger partial charge in [0, 0.05) is 12.6 Å². The summed E-state index contributed by atoms with van der Waals surface area (Å²) in [5.41, 5.74) is 5.62. The van der Waals surface area contributed by atoms with E-state index in [1.54, 1.807) is 0 Å². The largest absolute Gasteiger partial charge is 0.379 e. The monoisotopic (exact) mass is 447 g/mol. The molecule has 0 rings (SSSR count). The van der Waals surface area contributed by atoms with Crippen LogP contribution in [0.1, 0.15) is 48.5 Å².